The number of rotatable bonds is 15. The van der Waals surface area contributed by atoms with Crippen LogP contribution in [0, 0.1) is 0 Å². The second-order valence-electron chi connectivity index (χ2n) is 37.6. The van der Waals surface area contributed by atoms with Gasteiger partial charge in [-0.3, -0.25) is 13.7 Å². The molecule has 0 bridgehead atoms. The highest BCUT2D eigenvalue weighted by Gasteiger charge is 2.46. The van der Waals surface area contributed by atoms with Crippen LogP contribution in [0.25, 0.3) is 100 Å². The maximum atomic E-state index is 7.20. The van der Waals surface area contributed by atoms with Crippen LogP contribution in [0.5, 0.6) is 34.5 Å². The monoisotopic (exact) mass is 1870 g/mol. The quantitative estimate of drug-likeness (QED) is 0.0923. The third-order valence-electron chi connectivity index (χ3n) is 29.4. The zero-order chi connectivity index (χ0) is 96.0. The molecule has 0 amide bonds. The van der Waals surface area contributed by atoms with Crippen molar-refractivity contribution in [3.05, 3.63) is 510 Å². The largest absolute Gasteiger partial charge is 0.458 e. The molecule has 0 saturated carbocycles. The number of benzene rings is 21. The predicted molar refractivity (Wildman–Crippen MR) is 601 cm³/mol. The van der Waals surface area contributed by atoms with Gasteiger partial charge >= 0.3 is 0 Å². The van der Waals surface area contributed by atoms with Gasteiger partial charge in [-0.25, -0.2) is 15.0 Å². The summed E-state index contributed by atoms with van der Waals surface area (Å²) in [6.45, 7) is -0.00519. The van der Waals surface area contributed by atoms with E-state index in [1.807, 2.05) is 12.4 Å². The Morgan fingerprint density at radius 3 is 0.938 bits per heavy atom. The third-order valence-corrected chi connectivity index (χ3v) is 29.4. The van der Waals surface area contributed by atoms with E-state index in [-0.39, 0.29) is 20.1 Å². The summed E-state index contributed by atoms with van der Waals surface area (Å²) in [5.41, 5.74) is 38.7. The summed E-state index contributed by atoms with van der Waals surface area (Å²) in [6, 6.07) is 177. The highest BCUT2D eigenvalue weighted by Crippen LogP contribution is 2.49. The molecule has 0 spiro atoms. The average molecular weight is 1870 g/mol. The molecule has 21 aromatic carbocycles. The SMILES string of the molecule is c1ccc(-c2nc3cccc4c3n2-c2cc(N(c3ccccc3)c3ccccc3)cc3c2B4c2ccc(N(c4ccccc4)c4ccccc4)cc2O3)cc1.c1ccc(-c2nc3cccc4c3n2-c2cccc3c2B4c2ccc(N(c4ccccc4)c4ccccc4)cc2O3)cc1.c1ccc(N(c2ccccc2)c2ccc3c(c2)Oc2cc(-n4c5ccccc5c5ccccc54)cc4c2B3c2cccc3ncn-4c23)cc1. The van der Waals surface area contributed by atoms with Crippen molar-refractivity contribution in [3.63, 3.8) is 0 Å². The van der Waals surface area contributed by atoms with E-state index in [2.05, 4.69) is 535 Å². The van der Waals surface area contributed by atoms with E-state index in [0.717, 1.165) is 198 Å². The molecule has 0 N–H and O–H groups in total. The minimum absolute atomic E-state index is 0.00445. The zero-order valence-electron chi connectivity index (χ0n) is 78.9. The Hall–Kier alpha value is -19.4. The summed E-state index contributed by atoms with van der Waals surface area (Å²) in [5.74, 6) is 7.04. The molecule has 6 aliphatic heterocycles. The van der Waals surface area contributed by atoms with Gasteiger partial charge in [0, 0.05) is 132 Å². The normalized spacial score (nSPS) is 12.4. The molecule has 0 aliphatic carbocycles. The summed E-state index contributed by atoms with van der Waals surface area (Å²) in [5, 5.41) is 2.46. The topological polar surface area (TPSA) is 99.0 Å². The van der Waals surface area contributed by atoms with Crippen molar-refractivity contribution < 1.29 is 14.2 Å². The number of nitrogens with zero attached hydrogens (tertiary/aromatic N) is 11. The number of hydrogen-bond acceptors (Lipinski definition) is 10. The molecule has 0 atom stereocenters. The fourth-order valence-electron chi connectivity index (χ4n) is 23.4. The fraction of sp³-hybridized carbons (Fsp3) is 0. The van der Waals surface area contributed by atoms with Gasteiger partial charge in [0.05, 0.1) is 55.5 Å². The fourth-order valence-corrected chi connectivity index (χ4v) is 23.4. The Morgan fingerprint density at radius 1 is 0.205 bits per heavy atom. The first kappa shape index (κ1) is 83.6. The van der Waals surface area contributed by atoms with E-state index in [1.165, 1.54) is 54.6 Å². The van der Waals surface area contributed by atoms with Crippen molar-refractivity contribution >= 4 is 192 Å². The molecule has 10 heterocycles. The molecular formula is C129H84B3N11O3. The zero-order valence-corrected chi connectivity index (χ0v) is 78.9. The van der Waals surface area contributed by atoms with Crippen LogP contribution in [0.1, 0.15) is 0 Å². The van der Waals surface area contributed by atoms with Crippen LogP contribution in [0.15, 0.2) is 510 Å². The van der Waals surface area contributed by atoms with E-state index in [9.17, 15) is 0 Å². The molecular weight excluding hydrogens is 1780 g/mol. The van der Waals surface area contributed by atoms with Gasteiger partial charge in [0.2, 0.25) is 0 Å². The van der Waals surface area contributed by atoms with Gasteiger partial charge in [-0.05, 0) is 219 Å². The molecule has 682 valence electrons. The van der Waals surface area contributed by atoms with Gasteiger partial charge in [-0.15, -0.1) is 0 Å². The lowest BCUT2D eigenvalue weighted by Crippen LogP contribution is -2.58. The van der Waals surface area contributed by atoms with E-state index in [1.54, 1.807) is 0 Å². The molecule has 31 rings (SSSR count). The molecule has 0 fully saturated rings. The summed E-state index contributed by atoms with van der Waals surface area (Å²) in [4.78, 5) is 24.5. The van der Waals surface area contributed by atoms with Gasteiger partial charge in [-0.1, -0.05) is 303 Å². The van der Waals surface area contributed by atoms with Crippen molar-refractivity contribution in [3.8, 4) is 80.0 Å². The first-order valence-corrected chi connectivity index (χ1v) is 49.6. The van der Waals surface area contributed by atoms with Crippen molar-refractivity contribution in [1.82, 2.24) is 33.2 Å². The lowest BCUT2D eigenvalue weighted by molar-refractivity contribution is 0.487. The molecule has 25 aromatic rings. The van der Waals surface area contributed by atoms with Crippen LogP contribution in [0.4, 0.5) is 68.2 Å². The number of anilines is 12. The molecule has 14 nitrogen and oxygen atoms in total. The molecule has 4 aromatic heterocycles. The smallest absolute Gasteiger partial charge is 0.256 e. The molecule has 146 heavy (non-hydrogen) atoms. The van der Waals surface area contributed by atoms with E-state index in [4.69, 9.17) is 29.2 Å². The van der Waals surface area contributed by atoms with Gasteiger partial charge in [0.15, 0.2) is 0 Å². The Kier molecular flexibility index (Phi) is 19.6. The minimum atomic E-state index is -0.0582. The first-order chi connectivity index (χ1) is 72.5. The van der Waals surface area contributed by atoms with Crippen LogP contribution in [-0.4, -0.2) is 53.4 Å². The molecule has 0 unspecified atom stereocenters. The molecule has 0 saturated heterocycles. The Labute approximate surface area is 843 Å². The van der Waals surface area contributed by atoms with E-state index < -0.39 is 0 Å². The van der Waals surface area contributed by atoms with Gasteiger partial charge < -0.3 is 38.4 Å². The second kappa shape index (κ2) is 34.3. The lowest BCUT2D eigenvalue weighted by atomic mass is 9.34. The number of para-hydroxylation sites is 13. The maximum absolute atomic E-state index is 7.20. The van der Waals surface area contributed by atoms with Gasteiger partial charge in [0.25, 0.3) is 20.1 Å². The highest BCUT2D eigenvalue weighted by atomic mass is 16.5. The number of ether oxygens (including phenoxy) is 3. The van der Waals surface area contributed by atoms with Crippen LogP contribution in [0.3, 0.4) is 0 Å². The standard InChI is InChI=1S/C49H33BN4O.C43H27BN4O.C37H24BN3O/c1-6-17-34(18-7-1)49-51-43-28-16-27-42-48(43)54(49)44-31-40(53(37-23-12-4-13-24-37)38-25-14-5-15-26-38)33-46-47(44)50(42)41-30-29-39(32-45(41)55-46)52(35-19-8-2-9-20-35)36-21-10-3-11-22-36;1-3-12-28(13-4-1)47(29-14-5-2-6-15-29)30-22-23-34-40(25-30)49-41-26-31(48-37-20-9-7-16-32(37)33-17-8-10-21-38(33)48)24-39-42(41)44(34)35-18-11-19-36-43(35)46(39)27-45-36;1-4-12-25(13-5-1)37-39-31-19-10-18-30-36(31)41(37)32-20-11-21-33-35(32)38(30)29-23-22-28(24-34(29)42-33)40(26-14-6-2-7-15-26)27-16-8-3-9-17-27/h1-33H;1-27H;1-24H. The van der Waals surface area contributed by atoms with Crippen LogP contribution >= 0.6 is 0 Å². The lowest BCUT2D eigenvalue weighted by Gasteiger charge is -2.36. The van der Waals surface area contributed by atoms with E-state index in [0.29, 0.717) is 0 Å². The van der Waals surface area contributed by atoms with Crippen molar-refractivity contribution in [2.75, 3.05) is 19.6 Å². The van der Waals surface area contributed by atoms with Crippen LogP contribution < -0.4 is 83.0 Å². The second-order valence-corrected chi connectivity index (χ2v) is 37.6. The first-order valence-electron chi connectivity index (χ1n) is 49.6. The summed E-state index contributed by atoms with van der Waals surface area (Å²) in [7, 11) is 0. The summed E-state index contributed by atoms with van der Waals surface area (Å²) < 4.78 is 30.3. The summed E-state index contributed by atoms with van der Waals surface area (Å²) >= 11 is 0. The molecule has 6 aliphatic rings. The van der Waals surface area contributed by atoms with Crippen molar-refractivity contribution in [2.45, 2.75) is 0 Å². The number of fused-ring (bicyclic) bond motifs is 15. The van der Waals surface area contributed by atoms with E-state index >= 15 is 0 Å². The average Bonchev–Trinajstić information content (AvgIpc) is 1.70. The van der Waals surface area contributed by atoms with Crippen LogP contribution in [-0.2, 0) is 0 Å². The Bertz CT molecular complexity index is 9250. The van der Waals surface area contributed by atoms with Crippen molar-refractivity contribution in [1.29, 1.82) is 0 Å². The van der Waals surface area contributed by atoms with Crippen LogP contribution in [0.2, 0.25) is 0 Å². The van der Waals surface area contributed by atoms with Gasteiger partial charge in [0.1, 0.15) is 52.5 Å². The van der Waals surface area contributed by atoms with Gasteiger partial charge in [-0.2, -0.15) is 0 Å². The maximum Gasteiger partial charge on any atom is 0.256 e. The molecule has 17 heteroatoms. The molecule has 0 radical (unpaired) electrons. The van der Waals surface area contributed by atoms with Crippen molar-refractivity contribution in [2.24, 2.45) is 0 Å². The summed E-state index contributed by atoms with van der Waals surface area (Å²) in [6.07, 6.45) is 1.96. The number of imidazole rings is 3. The highest BCUT2D eigenvalue weighted by molar-refractivity contribution is 7.00. The number of hydrogen-bond donors (Lipinski definition) is 0. The Balaban J connectivity index is 0.000000105. The Morgan fingerprint density at radius 2 is 0.527 bits per heavy atom. The third kappa shape index (κ3) is 13.6. The predicted octanol–water partition coefficient (Wildman–Crippen LogP) is 26.2. The minimum Gasteiger partial charge on any atom is -0.458 e. The number of aromatic nitrogens is 7.